The highest BCUT2D eigenvalue weighted by molar-refractivity contribution is 5.84. The Morgan fingerprint density at radius 3 is 2.40 bits per heavy atom. The molecule has 1 aliphatic heterocycles. The number of Topliss-reactive ketones (excluding diaryl/α,β-unsaturated/α-hetero) is 1. The Morgan fingerprint density at radius 1 is 1.00 bits per heavy atom. The summed E-state index contributed by atoms with van der Waals surface area (Å²) in [5.74, 6) is 1.19. The molecule has 86 valence electrons. The van der Waals surface area contributed by atoms with Crippen molar-refractivity contribution in [3.05, 3.63) is 0 Å². The number of rotatable bonds is 3. The smallest absolute Gasteiger partial charge is 0.150 e. The van der Waals surface area contributed by atoms with Crippen molar-refractivity contribution in [2.75, 3.05) is 6.54 Å². The van der Waals surface area contributed by atoms with Crippen molar-refractivity contribution in [2.45, 2.75) is 63.8 Å². The summed E-state index contributed by atoms with van der Waals surface area (Å²) in [6.45, 7) is 1.04. The average molecular weight is 209 g/mol. The van der Waals surface area contributed by atoms with Crippen LogP contribution in [0.3, 0.4) is 0 Å². The second-order valence-corrected chi connectivity index (χ2v) is 5.18. The van der Waals surface area contributed by atoms with Gasteiger partial charge in [-0.1, -0.05) is 38.5 Å². The van der Waals surface area contributed by atoms with Crippen LogP contribution in [0.1, 0.15) is 57.8 Å². The predicted molar refractivity (Wildman–Crippen MR) is 61.8 cm³/mol. The maximum Gasteiger partial charge on any atom is 0.150 e. The van der Waals surface area contributed by atoms with Gasteiger partial charge < -0.3 is 5.32 Å². The quantitative estimate of drug-likeness (QED) is 0.774. The zero-order chi connectivity index (χ0) is 10.5. The van der Waals surface area contributed by atoms with Crippen LogP contribution in [0.2, 0.25) is 0 Å². The topological polar surface area (TPSA) is 29.1 Å². The van der Waals surface area contributed by atoms with Crippen LogP contribution in [-0.2, 0) is 4.79 Å². The van der Waals surface area contributed by atoms with Crippen LogP contribution in [0.15, 0.2) is 0 Å². The molecule has 0 radical (unpaired) electrons. The van der Waals surface area contributed by atoms with Crippen molar-refractivity contribution >= 4 is 5.78 Å². The third kappa shape index (κ3) is 3.30. The molecule has 0 aromatic rings. The van der Waals surface area contributed by atoms with E-state index < -0.39 is 0 Å². The number of carbonyl (C=O) groups excluding carboxylic acids is 1. The van der Waals surface area contributed by atoms with Crippen molar-refractivity contribution in [2.24, 2.45) is 5.92 Å². The minimum atomic E-state index is 0.195. The molecular weight excluding hydrogens is 186 g/mol. The maximum atomic E-state index is 12.0. The molecule has 1 unspecified atom stereocenters. The van der Waals surface area contributed by atoms with E-state index >= 15 is 0 Å². The van der Waals surface area contributed by atoms with Gasteiger partial charge in [-0.15, -0.1) is 0 Å². The maximum absolute atomic E-state index is 12.0. The minimum absolute atomic E-state index is 0.195. The molecule has 2 fully saturated rings. The Labute approximate surface area is 92.8 Å². The molecule has 2 heteroatoms. The zero-order valence-corrected chi connectivity index (χ0v) is 9.63. The lowest BCUT2D eigenvalue weighted by molar-refractivity contribution is -0.122. The molecule has 0 aromatic heterocycles. The van der Waals surface area contributed by atoms with E-state index in [9.17, 15) is 4.79 Å². The summed E-state index contributed by atoms with van der Waals surface area (Å²) < 4.78 is 0. The lowest BCUT2D eigenvalue weighted by Crippen LogP contribution is -2.41. The minimum Gasteiger partial charge on any atom is -0.307 e. The summed E-state index contributed by atoms with van der Waals surface area (Å²) in [7, 11) is 0. The monoisotopic (exact) mass is 209 g/mol. The first-order valence-electron chi connectivity index (χ1n) is 6.62. The summed E-state index contributed by atoms with van der Waals surface area (Å²) in [5.41, 5.74) is 0. The first-order valence-corrected chi connectivity index (χ1v) is 6.62. The van der Waals surface area contributed by atoms with Gasteiger partial charge in [0.05, 0.1) is 6.04 Å². The van der Waals surface area contributed by atoms with E-state index in [1.165, 1.54) is 44.9 Å². The number of nitrogens with one attached hydrogen (secondary N) is 1. The highest BCUT2D eigenvalue weighted by Gasteiger charge is 2.24. The lowest BCUT2D eigenvalue weighted by atomic mass is 9.84. The Morgan fingerprint density at radius 2 is 1.73 bits per heavy atom. The van der Waals surface area contributed by atoms with E-state index in [0.29, 0.717) is 11.7 Å². The van der Waals surface area contributed by atoms with Crippen LogP contribution in [0, 0.1) is 5.92 Å². The van der Waals surface area contributed by atoms with E-state index in [2.05, 4.69) is 5.32 Å². The predicted octanol–water partition coefficient (Wildman–Crippen LogP) is 2.67. The third-order valence-corrected chi connectivity index (χ3v) is 3.91. The van der Waals surface area contributed by atoms with E-state index in [1.807, 2.05) is 0 Å². The molecular formula is C13H23NO. The fourth-order valence-corrected chi connectivity index (χ4v) is 2.94. The van der Waals surface area contributed by atoms with Gasteiger partial charge in [0.1, 0.15) is 5.78 Å². The van der Waals surface area contributed by atoms with Gasteiger partial charge in [-0.25, -0.2) is 0 Å². The largest absolute Gasteiger partial charge is 0.307 e. The van der Waals surface area contributed by atoms with E-state index in [0.717, 1.165) is 19.4 Å². The molecule has 2 nitrogen and oxygen atoms in total. The molecule has 0 bridgehead atoms. The van der Waals surface area contributed by atoms with Gasteiger partial charge in [0.2, 0.25) is 0 Å². The Balaban J connectivity index is 1.74. The number of carbonyl (C=O) groups is 1. The Bertz CT molecular complexity index is 203. The van der Waals surface area contributed by atoms with E-state index in [-0.39, 0.29) is 6.04 Å². The van der Waals surface area contributed by atoms with Crippen molar-refractivity contribution in [1.29, 1.82) is 0 Å². The van der Waals surface area contributed by atoms with E-state index in [4.69, 9.17) is 0 Å². The molecule has 1 atom stereocenters. The molecule has 1 saturated heterocycles. The van der Waals surface area contributed by atoms with E-state index in [1.54, 1.807) is 0 Å². The van der Waals surface area contributed by atoms with Crippen molar-refractivity contribution in [1.82, 2.24) is 5.32 Å². The normalized spacial score (nSPS) is 28.9. The molecule has 1 heterocycles. The van der Waals surface area contributed by atoms with Gasteiger partial charge in [-0.05, 0) is 25.3 Å². The highest BCUT2D eigenvalue weighted by Crippen LogP contribution is 2.27. The highest BCUT2D eigenvalue weighted by atomic mass is 16.1. The van der Waals surface area contributed by atoms with Crippen LogP contribution in [0.5, 0.6) is 0 Å². The summed E-state index contributed by atoms with van der Waals surface area (Å²) in [6.07, 6.45) is 11.0. The molecule has 1 N–H and O–H groups in total. The number of hydrogen-bond acceptors (Lipinski definition) is 2. The molecule has 0 amide bonds. The molecule has 1 saturated carbocycles. The van der Waals surface area contributed by atoms with Gasteiger partial charge in [-0.2, -0.15) is 0 Å². The average Bonchev–Trinajstić information content (AvgIpc) is 2.31. The number of piperidine rings is 1. The summed E-state index contributed by atoms with van der Waals surface area (Å²) >= 11 is 0. The van der Waals surface area contributed by atoms with Gasteiger partial charge in [0.25, 0.3) is 0 Å². The third-order valence-electron chi connectivity index (χ3n) is 3.91. The van der Waals surface area contributed by atoms with Crippen LogP contribution in [-0.4, -0.2) is 18.4 Å². The number of ketones is 1. The van der Waals surface area contributed by atoms with Crippen molar-refractivity contribution in [3.63, 3.8) is 0 Å². The van der Waals surface area contributed by atoms with Crippen LogP contribution >= 0.6 is 0 Å². The first-order chi connectivity index (χ1) is 7.36. The summed E-state index contributed by atoms with van der Waals surface area (Å²) in [4.78, 5) is 12.0. The molecule has 1 aliphatic carbocycles. The van der Waals surface area contributed by atoms with Crippen molar-refractivity contribution in [3.8, 4) is 0 Å². The molecule has 2 rings (SSSR count). The van der Waals surface area contributed by atoms with Crippen LogP contribution < -0.4 is 5.32 Å². The Kier molecular flexibility index (Phi) is 4.18. The van der Waals surface area contributed by atoms with Gasteiger partial charge in [0.15, 0.2) is 0 Å². The molecule has 15 heavy (non-hydrogen) atoms. The summed E-state index contributed by atoms with van der Waals surface area (Å²) in [5, 5.41) is 3.36. The second kappa shape index (κ2) is 5.64. The lowest BCUT2D eigenvalue weighted by Gasteiger charge is -2.26. The summed E-state index contributed by atoms with van der Waals surface area (Å²) in [6, 6.07) is 0.195. The Hall–Kier alpha value is -0.370. The molecule has 0 spiro atoms. The van der Waals surface area contributed by atoms with Crippen LogP contribution in [0.25, 0.3) is 0 Å². The van der Waals surface area contributed by atoms with Crippen molar-refractivity contribution < 1.29 is 4.79 Å². The van der Waals surface area contributed by atoms with Gasteiger partial charge >= 0.3 is 0 Å². The van der Waals surface area contributed by atoms with Crippen LogP contribution in [0.4, 0.5) is 0 Å². The van der Waals surface area contributed by atoms with Gasteiger partial charge in [-0.3, -0.25) is 4.79 Å². The standard InChI is InChI=1S/C13H23NO/c15-13(12-8-4-5-9-14-12)10-11-6-2-1-3-7-11/h11-12,14H,1-10H2. The van der Waals surface area contributed by atoms with Gasteiger partial charge in [0, 0.05) is 6.42 Å². The fraction of sp³-hybridized carbons (Fsp3) is 0.923. The molecule has 0 aromatic carbocycles. The second-order valence-electron chi connectivity index (χ2n) is 5.18. The molecule has 2 aliphatic rings. The zero-order valence-electron chi connectivity index (χ0n) is 9.63. The SMILES string of the molecule is O=C(CC1CCCCC1)C1CCCCN1. The first kappa shape index (κ1) is 11.1. The number of hydrogen-bond donors (Lipinski definition) is 1. The fourth-order valence-electron chi connectivity index (χ4n) is 2.94.